The number of nitrogens with one attached hydrogen (secondary N) is 1. The Kier molecular flexibility index (Phi) is 7.47. The third-order valence-electron chi connectivity index (χ3n) is 6.83. The van der Waals surface area contributed by atoms with Gasteiger partial charge in [0.2, 0.25) is 5.91 Å². The average molecular weight is 528 g/mol. The smallest absolute Gasteiger partial charge is 0.219 e. The van der Waals surface area contributed by atoms with Crippen molar-refractivity contribution in [2.45, 2.75) is 13.5 Å². The first-order valence-corrected chi connectivity index (χ1v) is 12.9. The van der Waals surface area contributed by atoms with Crippen LogP contribution in [0.15, 0.2) is 73.3 Å². The summed E-state index contributed by atoms with van der Waals surface area (Å²) < 4.78 is 5.24. The number of piperazine rings is 1. The van der Waals surface area contributed by atoms with E-state index in [0.717, 1.165) is 44.9 Å². The monoisotopic (exact) mass is 527 g/mol. The van der Waals surface area contributed by atoms with Crippen molar-refractivity contribution in [3.8, 4) is 17.1 Å². The standard InChI is InChI=1S/C30H30ClN5O2/c1-20(32-19-22-8-11-24(38-3)12-9-22)23-10-13-26-28(18-23)33-29(25-6-4-5-7-27(25)31)34-30(26)36-16-14-35(15-17-36)21(2)37/h4-13,18,32H,1,14-17,19H2,2-3H3. The van der Waals surface area contributed by atoms with E-state index in [1.807, 2.05) is 71.6 Å². The van der Waals surface area contributed by atoms with Gasteiger partial charge in [-0.05, 0) is 47.5 Å². The Hall–Kier alpha value is -4.10. The highest BCUT2D eigenvalue weighted by Crippen LogP contribution is 2.32. The molecule has 38 heavy (non-hydrogen) atoms. The number of rotatable bonds is 7. The third-order valence-corrected chi connectivity index (χ3v) is 7.16. The van der Waals surface area contributed by atoms with Gasteiger partial charge in [0, 0.05) is 56.3 Å². The van der Waals surface area contributed by atoms with Crippen LogP contribution in [0.4, 0.5) is 5.82 Å². The average Bonchev–Trinajstić information content (AvgIpc) is 2.95. The molecule has 0 unspecified atom stereocenters. The van der Waals surface area contributed by atoms with E-state index in [9.17, 15) is 4.79 Å². The van der Waals surface area contributed by atoms with Gasteiger partial charge in [-0.25, -0.2) is 9.97 Å². The summed E-state index contributed by atoms with van der Waals surface area (Å²) >= 11 is 6.53. The first kappa shape index (κ1) is 25.5. The summed E-state index contributed by atoms with van der Waals surface area (Å²) in [4.78, 5) is 25.8. The van der Waals surface area contributed by atoms with E-state index in [2.05, 4.69) is 16.8 Å². The SMILES string of the molecule is C=C(NCc1ccc(OC)cc1)c1ccc2c(N3CCN(C(C)=O)CC3)nc(-c3ccccc3Cl)nc2c1. The molecule has 0 radical (unpaired) electrons. The van der Waals surface area contributed by atoms with Gasteiger partial charge in [-0.1, -0.05) is 48.5 Å². The number of benzene rings is 3. The van der Waals surface area contributed by atoms with Crippen LogP contribution < -0.4 is 15.0 Å². The van der Waals surface area contributed by atoms with E-state index < -0.39 is 0 Å². The molecule has 194 valence electrons. The van der Waals surface area contributed by atoms with Crippen molar-refractivity contribution in [2.24, 2.45) is 0 Å². The van der Waals surface area contributed by atoms with Gasteiger partial charge in [-0.3, -0.25) is 4.79 Å². The Morgan fingerprint density at radius 2 is 1.76 bits per heavy atom. The second kappa shape index (κ2) is 11.1. The van der Waals surface area contributed by atoms with E-state index in [4.69, 9.17) is 26.3 Å². The highest BCUT2D eigenvalue weighted by molar-refractivity contribution is 6.33. The van der Waals surface area contributed by atoms with E-state index >= 15 is 0 Å². The quantitative estimate of drug-likeness (QED) is 0.347. The molecule has 1 saturated heterocycles. The zero-order valence-corrected chi connectivity index (χ0v) is 22.3. The minimum Gasteiger partial charge on any atom is -0.497 e. The van der Waals surface area contributed by atoms with Gasteiger partial charge < -0.3 is 19.9 Å². The van der Waals surface area contributed by atoms with E-state index in [-0.39, 0.29) is 5.91 Å². The maximum Gasteiger partial charge on any atom is 0.219 e. The minimum absolute atomic E-state index is 0.0965. The van der Waals surface area contributed by atoms with Crippen molar-refractivity contribution in [3.63, 3.8) is 0 Å². The lowest BCUT2D eigenvalue weighted by molar-refractivity contribution is -0.129. The van der Waals surface area contributed by atoms with E-state index in [1.54, 1.807) is 14.0 Å². The zero-order chi connectivity index (χ0) is 26.6. The molecule has 8 heteroatoms. The molecule has 0 spiro atoms. The van der Waals surface area contributed by atoms with Crippen molar-refractivity contribution < 1.29 is 9.53 Å². The number of methoxy groups -OCH3 is 1. The molecule has 2 heterocycles. The van der Waals surface area contributed by atoms with Crippen LogP contribution in [0.2, 0.25) is 5.02 Å². The number of amides is 1. The Morgan fingerprint density at radius 1 is 1.03 bits per heavy atom. The summed E-state index contributed by atoms with van der Waals surface area (Å²) in [6.45, 7) is 9.24. The second-order valence-electron chi connectivity index (χ2n) is 9.26. The molecule has 5 rings (SSSR count). The second-order valence-corrected chi connectivity index (χ2v) is 9.66. The molecule has 1 fully saturated rings. The number of fused-ring (bicyclic) bond motifs is 1. The first-order chi connectivity index (χ1) is 18.4. The fourth-order valence-corrected chi connectivity index (χ4v) is 4.81. The maximum atomic E-state index is 11.9. The predicted octanol–water partition coefficient (Wildman–Crippen LogP) is 5.39. The lowest BCUT2D eigenvalue weighted by Gasteiger charge is -2.35. The molecule has 1 aliphatic heterocycles. The molecule has 0 atom stereocenters. The minimum atomic E-state index is 0.0965. The van der Waals surface area contributed by atoms with Crippen LogP contribution in [0.5, 0.6) is 5.75 Å². The van der Waals surface area contributed by atoms with Crippen LogP contribution in [0.1, 0.15) is 18.1 Å². The summed E-state index contributed by atoms with van der Waals surface area (Å²) in [5.74, 6) is 2.34. The van der Waals surface area contributed by atoms with Crippen molar-refractivity contribution in [1.29, 1.82) is 0 Å². The summed E-state index contributed by atoms with van der Waals surface area (Å²) in [6.07, 6.45) is 0. The Bertz CT molecular complexity index is 1480. The van der Waals surface area contributed by atoms with Gasteiger partial charge in [-0.15, -0.1) is 0 Å². The Labute approximate surface area is 227 Å². The highest BCUT2D eigenvalue weighted by Gasteiger charge is 2.23. The van der Waals surface area contributed by atoms with Crippen molar-refractivity contribution in [1.82, 2.24) is 20.2 Å². The number of ether oxygens (including phenoxy) is 1. The van der Waals surface area contributed by atoms with Crippen LogP contribution in [0.25, 0.3) is 28.0 Å². The van der Waals surface area contributed by atoms with Crippen LogP contribution in [0, 0.1) is 0 Å². The number of nitrogens with zero attached hydrogens (tertiary/aromatic N) is 4. The third kappa shape index (κ3) is 5.43. The molecule has 7 nitrogen and oxygen atoms in total. The molecule has 0 saturated carbocycles. The highest BCUT2D eigenvalue weighted by atomic mass is 35.5. The topological polar surface area (TPSA) is 70.6 Å². The molecular weight excluding hydrogens is 498 g/mol. The molecule has 3 aromatic carbocycles. The zero-order valence-electron chi connectivity index (χ0n) is 21.6. The fourth-order valence-electron chi connectivity index (χ4n) is 4.59. The number of carbonyl (C=O) groups is 1. The number of halogens is 1. The molecule has 1 amide bonds. The summed E-state index contributed by atoms with van der Waals surface area (Å²) in [5, 5.41) is 4.96. The molecule has 1 aromatic heterocycles. The van der Waals surface area contributed by atoms with Gasteiger partial charge in [0.15, 0.2) is 5.82 Å². The van der Waals surface area contributed by atoms with Gasteiger partial charge in [-0.2, -0.15) is 0 Å². The molecule has 4 aromatic rings. The van der Waals surface area contributed by atoms with E-state index in [1.165, 1.54) is 0 Å². The number of aromatic nitrogens is 2. The predicted molar refractivity (Wildman–Crippen MR) is 153 cm³/mol. The lowest BCUT2D eigenvalue weighted by Crippen LogP contribution is -2.48. The Balaban J connectivity index is 1.47. The van der Waals surface area contributed by atoms with Gasteiger partial charge in [0.1, 0.15) is 11.6 Å². The maximum absolute atomic E-state index is 11.9. The molecule has 0 bridgehead atoms. The van der Waals surface area contributed by atoms with Crippen LogP contribution in [-0.2, 0) is 11.3 Å². The van der Waals surface area contributed by atoms with E-state index in [0.29, 0.717) is 43.6 Å². The van der Waals surface area contributed by atoms with Gasteiger partial charge in [0.25, 0.3) is 0 Å². The number of carbonyl (C=O) groups excluding carboxylic acids is 1. The Morgan fingerprint density at radius 3 is 2.45 bits per heavy atom. The summed E-state index contributed by atoms with van der Waals surface area (Å²) in [5.41, 5.74) is 4.47. The molecule has 1 aliphatic rings. The fraction of sp³-hybridized carbons (Fsp3) is 0.233. The van der Waals surface area contributed by atoms with Crippen molar-refractivity contribution in [2.75, 3.05) is 38.2 Å². The van der Waals surface area contributed by atoms with Gasteiger partial charge in [0.05, 0.1) is 17.6 Å². The number of hydrogen-bond acceptors (Lipinski definition) is 6. The summed E-state index contributed by atoms with van der Waals surface area (Å²) in [7, 11) is 1.66. The van der Waals surface area contributed by atoms with Crippen LogP contribution >= 0.6 is 11.6 Å². The van der Waals surface area contributed by atoms with Crippen LogP contribution in [-0.4, -0.2) is 54.1 Å². The van der Waals surface area contributed by atoms with Crippen LogP contribution in [0.3, 0.4) is 0 Å². The lowest BCUT2D eigenvalue weighted by atomic mass is 10.1. The van der Waals surface area contributed by atoms with Crippen molar-refractivity contribution in [3.05, 3.63) is 89.5 Å². The summed E-state index contributed by atoms with van der Waals surface area (Å²) in [6, 6.07) is 21.7. The molecule has 0 aliphatic carbocycles. The first-order valence-electron chi connectivity index (χ1n) is 12.6. The largest absolute Gasteiger partial charge is 0.497 e. The number of anilines is 1. The molecular formula is C30H30ClN5O2. The molecule has 1 N–H and O–H groups in total. The van der Waals surface area contributed by atoms with Gasteiger partial charge >= 0.3 is 0 Å². The number of hydrogen-bond donors (Lipinski definition) is 1. The van der Waals surface area contributed by atoms with Crippen molar-refractivity contribution >= 4 is 39.9 Å². The normalized spacial score (nSPS) is 13.4.